The highest BCUT2D eigenvalue weighted by Gasteiger charge is 2.15. The summed E-state index contributed by atoms with van der Waals surface area (Å²) in [6, 6.07) is 10.8. The van der Waals surface area contributed by atoms with Crippen LogP contribution < -0.4 is 4.72 Å². The Bertz CT molecular complexity index is 712. The lowest BCUT2D eigenvalue weighted by atomic mass is 10.1. The number of phenolic OH excluding ortho intramolecular Hbond substituents is 1. The van der Waals surface area contributed by atoms with Crippen LogP contribution in [0.3, 0.4) is 0 Å². The van der Waals surface area contributed by atoms with Gasteiger partial charge >= 0.3 is 0 Å². The van der Waals surface area contributed by atoms with E-state index < -0.39 is 10.0 Å². The fraction of sp³-hybridized carbons (Fsp3) is 0.143. The van der Waals surface area contributed by atoms with Crippen LogP contribution in [0, 0.1) is 0 Å². The van der Waals surface area contributed by atoms with Crippen molar-refractivity contribution in [3.63, 3.8) is 0 Å². The largest absolute Gasteiger partial charge is 0.508 e. The first-order valence-electron chi connectivity index (χ1n) is 6.02. The number of aryl methyl sites for hydroxylation is 1. The van der Waals surface area contributed by atoms with E-state index in [0.717, 1.165) is 10.0 Å². The van der Waals surface area contributed by atoms with E-state index in [1.54, 1.807) is 12.1 Å². The van der Waals surface area contributed by atoms with Crippen LogP contribution in [0.1, 0.15) is 12.5 Å². The van der Waals surface area contributed by atoms with E-state index in [2.05, 4.69) is 20.7 Å². The van der Waals surface area contributed by atoms with Gasteiger partial charge in [0.05, 0.1) is 10.6 Å². The van der Waals surface area contributed by atoms with Gasteiger partial charge in [-0.05, 0) is 54.4 Å². The first kappa shape index (κ1) is 14.9. The number of hydrogen-bond acceptors (Lipinski definition) is 3. The lowest BCUT2D eigenvalue weighted by molar-refractivity contribution is 0.475. The first-order chi connectivity index (χ1) is 9.42. The first-order valence-corrected chi connectivity index (χ1v) is 8.30. The normalized spacial score (nSPS) is 11.3. The zero-order chi connectivity index (χ0) is 14.8. The number of hydrogen-bond donors (Lipinski definition) is 2. The van der Waals surface area contributed by atoms with Gasteiger partial charge in [-0.2, -0.15) is 0 Å². The molecule has 0 spiro atoms. The molecule has 0 bridgehead atoms. The molecule has 0 unspecified atom stereocenters. The van der Waals surface area contributed by atoms with Gasteiger partial charge in [-0.25, -0.2) is 8.42 Å². The Hall–Kier alpha value is -1.53. The molecule has 0 atom stereocenters. The zero-order valence-electron chi connectivity index (χ0n) is 10.8. The van der Waals surface area contributed by atoms with Crippen molar-refractivity contribution in [3.05, 3.63) is 52.5 Å². The second kappa shape index (κ2) is 5.85. The van der Waals surface area contributed by atoms with Crippen LogP contribution in [0.15, 0.2) is 51.8 Å². The van der Waals surface area contributed by atoms with E-state index >= 15 is 0 Å². The average molecular weight is 356 g/mol. The molecule has 4 nitrogen and oxygen atoms in total. The Balaban J connectivity index is 2.35. The van der Waals surface area contributed by atoms with E-state index in [1.165, 1.54) is 24.3 Å². The molecule has 0 aliphatic heterocycles. The van der Waals surface area contributed by atoms with Crippen molar-refractivity contribution in [1.82, 2.24) is 0 Å². The van der Waals surface area contributed by atoms with Crippen LogP contribution in [-0.2, 0) is 16.4 Å². The Kier molecular flexibility index (Phi) is 4.35. The molecule has 0 radical (unpaired) electrons. The highest BCUT2D eigenvalue weighted by molar-refractivity contribution is 9.10. The number of anilines is 1. The Labute approximate surface area is 126 Å². The summed E-state index contributed by atoms with van der Waals surface area (Å²) in [5.41, 5.74) is 1.46. The summed E-state index contributed by atoms with van der Waals surface area (Å²) in [5.74, 6) is 0.0295. The van der Waals surface area contributed by atoms with Crippen molar-refractivity contribution >= 4 is 31.6 Å². The molecule has 6 heteroatoms. The predicted octanol–water partition coefficient (Wildman–Crippen LogP) is 3.52. The van der Waals surface area contributed by atoms with E-state index in [9.17, 15) is 13.5 Å². The molecular formula is C14H14BrNO3S. The van der Waals surface area contributed by atoms with Crippen molar-refractivity contribution in [2.75, 3.05) is 4.72 Å². The van der Waals surface area contributed by atoms with Gasteiger partial charge in [0, 0.05) is 4.47 Å². The van der Waals surface area contributed by atoms with Crippen molar-refractivity contribution in [2.24, 2.45) is 0 Å². The molecule has 2 aromatic carbocycles. The van der Waals surface area contributed by atoms with Gasteiger partial charge < -0.3 is 5.11 Å². The summed E-state index contributed by atoms with van der Waals surface area (Å²) in [6.07, 6.45) is 0.715. The number of sulfonamides is 1. The number of phenols is 1. The molecule has 0 aliphatic rings. The van der Waals surface area contributed by atoms with Crippen molar-refractivity contribution in [1.29, 1.82) is 0 Å². The minimum Gasteiger partial charge on any atom is -0.508 e. The fourth-order valence-electron chi connectivity index (χ4n) is 1.78. The monoisotopic (exact) mass is 355 g/mol. The van der Waals surface area contributed by atoms with Crippen LogP contribution >= 0.6 is 15.9 Å². The molecule has 2 rings (SSSR count). The summed E-state index contributed by atoms with van der Waals surface area (Å²) >= 11 is 3.36. The van der Waals surface area contributed by atoms with Gasteiger partial charge in [-0.15, -0.1) is 0 Å². The smallest absolute Gasteiger partial charge is 0.261 e. The predicted molar refractivity (Wildman–Crippen MR) is 82.4 cm³/mol. The third-order valence-corrected chi connectivity index (χ3v) is 4.71. The number of halogens is 1. The maximum Gasteiger partial charge on any atom is 0.261 e. The second-order valence-corrected chi connectivity index (χ2v) is 6.85. The molecule has 106 valence electrons. The molecule has 0 aromatic heterocycles. The van der Waals surface area contributed by atoms with Gasteiger partial charge in [-0.3, -0.25) is 4.72 Å². The maximum absolute atomic E-state index is 12.3. The van der Waals surface area contributed by atoms with E-state index in [4.69, 9.17) is 0 Å². The van der Waals surface area contributed by atoms with E-state index in [0.29, 0.717) is 12.1 Å². The summed E-state index contributed by atoms with van der Waals surface area (Å²) in [6.45, 7) is 1.96. The number of aromatic hydroxyl groups is 1. The molecule has 0 saturated heterocycles. The number of benzene rings is 2. The van der Waals surface area contributed by atoms with Crippen molar-refractivity contribution in [2.45, 2.75) is 18.2 Å². The van der Waals surface area contributed by atoms with E-state index in [1.807, 2.05) is 13.0 Å². The van der Waals surface area contributed by atoms with Crippen molar-refractivity contribution in [3.8, 4) is 5.75 Å². The summed E-state index contributed by atoms with van der Waals surface area (Å²) in [7, 11) is -3.65. The Morgan fingerprint density at radius 2 is 1.80 bits per heavy atom. The van der Waals surface area contributed by atoms with Gasteiger partial charge in [-0.1, -0.05) is 22.9 Å². The second-order valence-electron chi connectivity index (χ2n) is 4.25. The van der Waals surface area contributed by atoms with Gasteiger partial charge in [0.25, 0.3) is 10.0 Å². The molecular weight excluding hydrogens is 342 g/mol. The molecule has 2 N–H and O–H groups in total. The lowest BCUT2D eigenvalue weighted by Gasteiger charge is -2.12. The highest BCUT2D eigenvalue weighted by atomic mass is 79.9. The van der Waals surface area contributed by atoms with Crippen LogP contribution in [0.5, 0.6) is 5.75 Å². The molecule has 0 fully saturated rings. The molecule has 20 heavy (non-hydrogen) atoms. The molecule has 0 amide bonds. The minimum absolute atomic E-state index is 0.0295. The van der Waals surface area contributed by atoms with E-state index in [-0.39, 0.29) is 10.6 Å². The summed E-state index contributed by atoms with van der Waals surface area (Å²) < 4.78 is 28.0. The van der Waals surface area contributed by atoms with Gasteiger partial charge in [0.2, 0.25) is 0 Å². The zero-order valence-corrected chi connectivity index (χ0v) is 13.2. The van der Waals surface area contributed by atoms with Crippen LogP contribution in [0.25, 0.3) is 0 Å². The van der Waals surface area contributed by atoms with Crippen LogP contribution in [0.2, 0.25) is 0 Å². The van der Waals surface area contributed by atoms with Crippen LogP contribution in [-0.4, -0.2) is 13.5 Å². The number of nitrogens with one attached hydrogen (secondary N) is 1. The topological polar surface area (TPSA) is 66.4 Å². The Morgan fingerprint density at radius 1 is 1.15 bits per heavy atom. The lowest BCUT2D eigenvalue weighted by Crippen LogP contribution is -2.14. The third kappa shape index (κ3) is 3.32. The quantitative estimate of drug-likeness (QED) is 0.881. The van der Waals surface area contributed by atoms with Crippen molar-refractivity contribution < 1.29 is 13.5 Å². The van der Waals surface area contributed by atoms with Gasteiger partial charge in [0.1, 0.15) is 5.75 Å². The third-order valence-electron chi connectivity index (χ3n) is 2.84. The molecule has 0 saturated carbocycles. The highest BCUT2D eigenvalue weighted by Crippen LogP contribution is 2.24. The standard InChI is InChI=1S/C14H14BrNO3S/c1-2-10-9-11(15)3-8-14(10)16-20(18,19)13-6-4-12(17)5-7-13/h3-9,16-17H,2H2,1H3. The average Bonchev–Trinajstić information content (AvgIpc) is 2.41. The number of rotatable bonds is 4. The SMILES string of the molecule is CCc1cc(Br)ccc1NS(=O)(=O)c1ccc(O)cc1. The molecule has 0 aliphatic carbocycles. The minimum atomic E-state index is -3.65. The molecule has 0 heterocycles. The van der Waals surface area contributed by atoms with Crippen LogP contribution in [0.4, 0.5) is 5.69 Å². The molecule has 2 aromatic rings. The summed E-state index contributed by atoms with van der Waals surface area (Å²) in [5, 5.41) is 9.20. The summed E-state index contributed by atoms with van der Waals surface area (Å²) in [4.78, 5) is 0.111. The fourth-order valence-corrected chi connectivity index (χ4v) is 3.29. The Morgan fingerprint density at radius 3 is 2.40 bits per heavy atom. The van der Waals surface area contributed by atoms with Gasteiger partial charge in [0.15, 0.2) is 0 Å². The maximum atomic E-state index is 12.3.